The minimum Gasteiger partial charge on any atom is -0.455 e. The Balaban J connectivity index is 1.08. The molecule has 14 heteroatoms. The van der Waals surface area contributed by atoms with E-state index in [9.17, 15) is 23.6 Å². The molecule has 4 aromatic heterocycles. The Labute approximate surface area is 285 Å². The Morgan fingerprint density at radius 1 is 0.940 bits per heavy atom. The van der Waals surface area contributed by atoms with Crippen LogP contribution in [0.4, 0.5) is 10.2 Å². The molecule has 2 amide bonds. The van der Waals surface area contributed by atoms with Gasteiger partial charge in [-0.25, -0.2) is 23.7 Å². The quantitative estimate of drug-likeness (QED) is 0.242. The number of carbonyl (C=O) groups is 2. The van der Waals surface area contributed by atoms with Crippen molar-refractivity contribution >= 4 is 28.5 Å². The molecule has 5 aromatic rings. The molecule has 0 spiro atoms. The number of aromatic nitrogens is 5. The smallest absolute Gasteiger partial charge is 0.335 e. The van der Waals surface area contributed by atoms with Gasteiger partial charge in [-0.1, -0.05) is 0 Å². The maximum atomic E-state index is 13.6. The molecule has 13 nitrogen and oxygen atoms in total. The van der Waals surface area contributed by atoms with Gasteiger partial charge < -0.3 is 20.3 Å². The third-order valence-electron chi connectivity index (χ3n) is 9.46. The van der Waals surface area contributed by atoms with Crippen LogP contribution in [0.5, 0.6) is 11.5 Å². The second-order valence-corrected chi connectivity index (χ2v) is 13.0. The van der Waals surface area contributed by atoms with Gasteiger partial charge in [0.1, 0.15) is 34.4 Å². The molecule has 2 N–H and O–H groups in total. The van der Waals surface area contributed by atoms with Gasteiger partial charge in [0.2, 0.25) is 0 Å². The number of hydrogen-bond donors (Lipinski definition) is 2. The third kappa shape index (κ3) is 6.36. The highest BCUT2D eigenvalue weighted by Crippen LogP contribution is 2.34. The Bertz CT molecular complexity index is 2200. The van der Waals surface area contributed by atoms with E-state index < -0.39 is 23.0 Å². The summed E-state index contributed by atoms with van der Waals surface area (Å²) in [5, 5.41) is 6.35. The van der Waals surface area contributed by atoms with Crippen LogP contribution in [0.1, 0.15) is 66.4 Å². The molecule has 7 rings (SSSR count). The van der Waals surface area contributed by atoms with E-state index in [0.29, 0.717) is 34.5 Å². The number of nitrogens with zero attached hydrogens (tertiary/aromatic N) is 6. The number of halogens is 1. The van der Waals surface area contributed by atoms with Gasteiger partial charge >= 0.3 is 5.69 Å². The molecule has 2 aliphatic heterocycles. The molecule has 2 bridgehead atoms. The number of anilines is 1. The summed E-state index contributed by atoms with van der Waals surface area (Å²) < 4.78 is 21.8. The summed E-state index contributed by atoms with van der Waals surface area (Å²) >= 11 is 0. The second-order valence-electron chi connectivity index (χ2n) is 13.0. The van der Waals surface area contributed by atoms with Crippen LogP contribution >= 0.6 is 0 Å². The van der Waals surface area contributed by atoms with Crippen molar-refractivity contribution in [3.8, 4) is 17.2 Å². The first-order valence-corrected chi connectivity index (χ1v) is 16.4. The van der Waals surface area contributed by atoms with Crippen LogP contribution < -0.4 is 26.6 Å². The summed E-state index contributed by atoms with van der Waals surface area (Å²) in [4.78, 5) is 68.5. The zero-order valence-corrected chi connectivity index (χ0v) is 27.7. The van der Waals surface area contributed by atoms with Crippen LogP contribution in [-0.2, 0) is 0 Å². The lowest BCUT2D eigenvalue weighted by molar-refractivity contribution is 0.0877. The van der Waals surface area contributed by atoms with Gasteiger partial charge in [-0.05, 0) is 95.1 Å². The van der Waals surface area contributed by atoms with E-state index >= 15 is 0 Å². The number of benzene rings is 1. The molecule has 50 heavy (non-hydrogen) atoms. The van der Waals surface area contributed by atoms with Crippen molar-refractivity contribution in [1.82, 2.24) is 34.3 Å². The summed E-state index contributed by atoms with van der Waals surface area (Å²) in [5.74, 6) is -0.665. The van der Waals surface area contributed by atoms with E-state index in [-0.39, 0.29) is 40.8 Å². The highest BCUT2D eigenvalue weighted by Gasteiger charge is 2.39. The average molecular weight is 679 g/mol. The standard InChI is InChI=1S/C36H35FN8O5/c1-20(2)44-19-28(35(48)45(36(44)49)23-6-4-21(37)5-7-23)33(46)42-32-11-10-26(17-40-32)50-31-12-13-38-30-18-39-29(16-27(30)31)34(47)41-22-14-24-8-9-25(15-22)43(24)3/h4-7,10-13,16-20,22,24-25H,8-9,14-15H2,1-3H3,(H,41,47)(H,40,42,46). The Hall–Kier alpha value is -5.76. The van der Waals surface area contributed by atoms with E-state index in [0.717, 1.165) is 42.4 Å². The van der Waals surface area contributed by atoms with Crippen LogP contribution in [0, 0.1) is 5.82 Å². The van der Waals surface area contributed by atoms with Crippen molar-refractivity contribution in [3.05, 3.63) is 111 Å². The number of carbonyl (C=O) groups excluding carboxylic acids is 2. The molecule has 2 fully saturated rings. The third-order valence-corrected chi connectivity index (χ3v) is 9.46. The summed E-state index contributed by atoms with van der Waals surface area (Å²) in [6.45, 7) is 3.47. The van der Waals surface area contributed by atoms with Gasteiger partial charge in [0.15, 0.2) is 0 Å². The van der Waals surface area contributed by atoms with Crippen molar-refractivity contribution < 1.29 is 18.7 Å². The van der Waals surface area contributed by atoms with Crippen molar-refractivity contribution in [3.63, 3.8) is 0 Å². The van der Waals surface area contributed by atoms with Gasteiger partial charge in [-0.3, -0.25) is 23.9 Å². The van der Waals surface area contributed by atoms with Crippen LogP contribution in [0.25, 0.3) is 16.6 Å². The number of pyridine rings is 3. The largest absolute Gasteiger partial charge is 0.455 e. The van der Waals surface area contributed by atoms with Crippen LogP contribution in [-0.4, -0.2) is 66.0 Å². The lowest BCUT2D eigenvalue weighted by Crippen LogP contribution is -2.48. The van der Waals surface area contributed by atoms with Gasteiger partial charge in [-0.15, -0.1) is 0 Å². The molecule has 0 saturated carbocycles. The molecule has 0 aliphatic carbocycles. The van der Waals surface area contributed by atoms with Gasteiger partial charge in [0.05, 0.1) is 23.6 Å². The molecule has 0 radical (unpaired) electrons. The van der Waals surface area contributed by atoms with E-state index in [1.54, 1.807) is 44.4 Å². The minimum absolute atomic E-state index is 0.0984. The molecule has 2 aliphatic rings. The number of nitrogens with one attached hydrogen (secondary N) is 2. The number of hydrogen-bond acceptors (Lipinski definition) is 9. The van der Waals surface area contributed by atoms with Crippen molar-refractivity contribution in [2.24, 2.45) is 0 Å². The normalized spacial score (nSPS) is 18.7. The molecule has 2 saturated heterocycles. The molecule has 6 heterocycles. The first kappa shape index (κ1) is 32.8. The van der Waals surface area contributed by atoms with E-state index in [1.165, 1.54) is 35.2 Å². The van der Waals surface area contributed by atoms with Crippen molar-refractivity contribution in [1.29, 1.82) is 0 Å². The highest BCUT2D eigenvalue weighted by molar-refractivity contribution is 6.03. The topological polar surface area (TPSA) is 153 Å². The molecular weight excluding hydrogens is 643 g/mol. The first-order valence-electron chi connectivity index (χ1n) is 16.4. The lowest BCUT2D eigenvalue weighted by atomic mass is 9.98. The second kappa shape index (κ2) is 13.3. The molecule has 256 valence electrons. The first-order chi connectivity index (χ1) is 24.0. The Kier molecular flexibility index (Phi) is 8.70. The van der Waals surface area contributed by atoms with Crippen LogP contribution in [0.2, 0.25) is 0 Å². The fourth-order valence-corrected chi connectivity index (χ4v) is 6.77. The van der Waals surface area contributed by atoms with E-state index in [4.69, 9.17) is 4.74 Å². The number of rotatable bonds is 8. The summed E-state index contributed by atoms with van der Waals surface area (Å²) in [7, 11) is 2.16. The summed E-state index contributed by atoms with van der Waals surface area (Å²) in [6, 6.07) is 12.0. The Morgan fingerprint density at radius 3 is 2.36 bits per heavy atom. The average Bonchev–Trinajstić information content (AvgIpc) is 3.29. The minimum atomic E-state index is -0.860. The number of piperidine rings is 1. The van der Waals surface area contributed by atoms with Crippen LogP contribution in [0.15, 0.2) is 82.9 Å². The maximum Gasteiger partial charge on any atom is 0.335 e. The van der Waals surface area contributed by atoms with Crippen LogP contribution in [0.3, 0.4) is 0 Å². The zero-order valence-electron chi connectivity index (χ0n) is 27.7. The summed E-state index contributed by atoms with van der Waals surface area (Å²) in [5.41, 5.74) is -0.890. The molecule has 2 unspecified atom stereocenters. The van der Waals surface area contributed by atoms with E-state index in [2.05, 4.69) is 37.5 Å². The zero-order chi connectivity index (χ0) is 35.1. The fraction of sp³-hybridized carbons (Fsp3) is 0.306. The predicted octanol–water partition coefficient (Wildman–Crippen LogP) is 4.46. The fourth-order valence-electron chi connectivity index (χ4n) is 6.77. The highest BCUT2D eigenvalue weighted by atomic mass is 19.1. The molecule has 1 aromatic carbocycles. The maximum absolute atomic E-state index is 13.6. The van der Waals surface area contributed by atoms with E-state index in [1.807, 2.05) is 0 Å². The summed E-state index contributed by atoms with van der Waals surface area (Å²) in [6.07, 6.45) is 9.88. The Morgan fingerprint density at radius 2 is 1.68 bits per heavy atom. The number of ether oxygens (including phenoxy) is 1. The number of fused-ring (bicyclic) bond motifs is 3. The van der Waals surface area contributed by atoms with Crippen molar-refractivity contribution in [2.45, 2.75) is 63.7 Å². The van der Waals surface area contributed by atoms with Crippen molar-refractivity contribution in [2.75, 3.05) is 12.4 Å². The SMILES string of the molecule is CC(C)n1cc(C(=O)Nc2ccc(Oc3ccnc4cnc(C(=O)NC5CC6CCC(C5)N6C)cc34)cn2)c(=O)n(-c2ccc(F)cc2)c1=O. The van der Waals surface area contributed by atoms with Gasteiger partial charge in [0, 0.05) is 41.9 Å². The monoisotopic (exact) mass is 678 g/mol. The van der Waals surface area contributed by atoms with Gasteiger partial charge in [-0.2, -0.15) is 0 Å². The van der Waals surface area contributed by atoms with Gasteiger partial charge in [0.25, 0.3) is 17.4 Å². The molecular formula is C36H35FN8O5. The lowest BCUT2D eigenvalue weighted by Gasteiger charge is -2.36. The number of amides is 2. The molecule has 2 atom stereocenters. The predicted molar refractivity (Wildman–Crippen MR) is 184 cm³/mol.